The van der Waals surface area contributed by atoms with Crippen LogP contribution >= 0.6 is 0 Å². The summed E-state index contributed by atoms with van der Waals surface area (Å²) < 4.78 is 19.3. The van der Waals surface area contributed by atoms with Crippen LogP contribution in [0.25, 0.3) is 27.7 Å². The summed E-state index contributed by atoms with van der Waals surface area (Å²) in [4.78, 5) is 21.5. The number of carbonyl (C=O) groups excluding carboxylic acids is 1. The minimum Gasteiger partial charge on any atom is -0.496 e. The van der Waals surface area contributed by atoms with E-state index >= 15 is 0 Å². The third kappa shape index (κ3) is 3.19. The van der Waals surface area contributed by atoms with E-state index in [1.54, 1.807) is 31.3 Å². The van der Waals surface area contributed by atoms with Gasteiger partial charge < -0.3 is 19.9 Å². The van der Waals surface area contributed by atoms with Crippen molar-refractivity contribution in [2.45, 2.75) is 6.42 Å². The summed E-state index contributed by atoms with van der Waals surface area (Å²) in [5, 5.41) is 3.54. The smallest absolute Gasteiger partial charge is 0.317 e. The lowest BCUT2D eigenvalue weighted by Gasteiger charge is -2.26. The Hall–Kier alpha value is -3.35. The van der Waals surface area contributed by atoms with Crippen molar-refractivity contribution in [3.63, 3.8) is 0 Å². The molecule has 1 aliphatic rings. The number of fused-ring (bicyclic) bond motifs is 1. The van der Waals surface area contributed by atoms with E-state index in [1.165, 1.54) is 12.1 Å². The highest BCUT2D eigenvalue weighted by atomic mass is 19.1. The number of methoxy groups -OCH3 is 1. The number of nitrogens with one attached hydrogen (secondary N) is 2. The number of nitrogens with zero attached hydrogens (tertiary/aromatic N) is 2. The van der Waals surface area contributed by atoms with Crippen molar-refractivity contribution in [1.82, 2.24) is 20.2 Å². The Balaban J connectivity index is 1.77. The van der Waals surface area contributed by atoms with Crippen molar-refractivity contribution >= 4 is 22.6 Å². The second-order valence-electron chi connectivity index (χ2n) is 6.64. The van der Waals surface area contributed by atoms with Crippen LogP contribution in [-0.2, 0) is 0 Å². The molecule has 0 saturated heterocycles. The van der Waals surface area contributed by atoms with E-state index in [9.17, 15) is 9.18 Å². The molecule has 4 rings (SSSR count). The SMILES string of the molecule is CNC(=O)N1CCC=C(c2cc3c(-c4cc(F)ccc4OC)ccnc3[nH]2)C1. The standard InChI is InChI=1S/C21H21FN4O2/c1-23-21(27)26-9-3-4-13(12-26)18-11-17-15(7-8-24-20(17)25-18)16-10-14(22)5-6-19(16)28-2/h4-8,10-11H,3,9,12H2,1-2H3,(H,23,27)(H,24,25). The first kappa shape index (κ1) is 18.0. The average Bonchev–Trinajstić information content (AvgIpc) is 3.17. The van der Waals surface area contributed by atoms with E-state index < -0.39 is 0 Å². The molecule has 3 heterocycles. The second kappa shape index (κ2) is 7.34. The van der Waals surface area contributed by atoms with Crippen LogP contribution in [-0.4, -0.2) is 48.1 Å². The maximum absolute atomic E-state index is 13.9. The van der Waals surface area contributed by atoms with E-state index in [2.05, 4.69) is 21.4 Å². The Labute approximate surface area is 162 Å². The lowest BCUT2D eigenvalue weighted by molar-refractivity contribution is 0.206. The Morgan fingerprint density at radius 2 is 2.14 bits per heavy atom. The first-order valence-electron chi connectivity index (χ1n) is 9.08. The molecule has 0 bridgehead atoms. The Morgan fingerprint density at radius 3 is 2.93 bits per heavy atom. The molecule has 0 saturated carbocycles. The molecule has 3 aromatic rings. The topological polar surface area (TPSA) is 70.2 Å². The molecule has 0 radical (unpaired) electrons. The highest BCUT2D eigenvalue weighted by Crippen LogP contribution is 2.36. The van der Waals surface area contributed by atoms with Crippen molar-refractivity contribution < 1.29 is 13.9 Å². The summed E-state index contributed by atoms with van der Waals surface area (Å²) in [6.45, 7) is 1.21. The van der Waals surface area contributed by atoms with Gasteiger partial charge in [0.15, 0.2) is 0 Å². The fourth-order valence-electron chi connectivity index (χ4n) is 3.60. The number of benzene rings is 1. The number of aromatic nitrogens is 2. The van der Waals surface area contributed by atoms with Crippen molar-refractivity contribution in [2.24, 2.45) is 0 Å². The van der Waals surface area contributed by atoms with Gasteiger partial charge in [-0.2, -0.15) is 0 Å². The monoisotopic (exact) mass is 380 g/mol. The number of carbonyl (C=O) groups is 1. The second-order valence-corrected chi connectivity index (χ2v) is 6.64. The highest BCUT2D eigenvalue weighted by molar-refractivity contribution is 5.97. The average molecular weight is 380 g/mol. The summed E-state index contributed by atoms with van der Waals surface area (Å²) in [6.07, 6.45) is 4.61. The van der Waals surface area contributed by atoms with Gasteiger partial charge in [0.1, 0.15) is 17.2 Å². The van der Waals surface area contributed by atoms with Gasteiger partial charge in [-0.3, -0.25) is 0 Å². The lowest BCUT2D eigenvalue weighted by atomic mass is 10.0. The zero-order valence-corrected chi connectivity index (χ0v) is 15.8. The summed E-state index contributed by atoms with van der Waals surface area (Å²) >= 11 is 0. The van der Waals surface area contributed by atoms with Gasteiger partial charge in [-0.1, -0.05) is 6.08 Å². The molecule has 1 aromatic carbocycles. The summed E-state index contributed by atoms with van der Waals surface area (Å²) in [5.74, 6) is 0.270. The molecule has 0 aliphatic carbocycles. The minimum absolute atomic E-state index is 0.0926. The molecule has 2 N–H and O–H groups in total. The molecule has 0 atom stereocenters. The Morgan fingerprint density at radius 1 is 1.29 bits per heavy atom. The fraction of sp³-hybridized carbons (Fsp3) is 0.238. The van der Waals surface area contributed by atoms with Crippen LogP contribution in [0.4, 0.5) is 9.18 Å². The van der Waals surface area contributed by atoms with Crippen molar-refractivity contribution in [3.05, 3.63) is 54.1 Å². The van der Waals surface area contributed by atoms with Crippen molar-refractivity contribution in [3.8, 4) is 16.9 Å². The molecular weight excluding hydrogens is 359 g/mol. The summed E-state index contributed by atoms with van der Waals surface area (Å²) in [7, 11) is 3.20. The molecule has 144 valence electrons. The number of hydrogen-bond acceptors (Lipinski definition) is 3. The van der Waals surface area contributed by atoms with E-state index in [-0.39, 0.29) is 11.8 Å². The molecule has 6 nitrogen and oxygen atoms in total. The number of pyridine rings is 1. The molecule has 0 unspecified atom stereocenters. The van der Waals surface area contributed by atoms with Crippen LogP contribution in [0.1, 0.15) is 12.1 Å². The zero-order valence-electron chi connectivity index (χ0n) is 15.8. The predicted octanol–water partition coefficient (Wildman–Crippen LogP) is 3.81. The molecule has 0 spiro atoms. The van der Waals surface area contributed by atoms with Crippen LogP contribution in [0.3, 0.4) is 0 Å². The van der Waals surface area contributed by atoms with E-state index in [0.717, 1.165) is 28.6 Å². The van der Waals surface area contributed by atoms with Crippen LogP contribution in [0.15, 0.2) is 42.6 Å². The number of halogens is 1. The zero-order chi connectivity index (χ0) is 19.7. The van der Waals surface area contributed by atoms with E-state index in [0.29, 0.717) is 30.0 Å². The maximum Gasteiger partial charge on any atom is 0.317 e. The van der Waals surface area contributed by atoms with Gasteiger partial charge in [0, 0.05) is 43.0 Å². The number of ether oxygens (including phenoxy) is 1. The largest absolute Gasteiger partial charge is 0.496 e. The van der Waals surface area contributed by atoms with Crippen molar-refractivity contribution in [1.29, 1.82) is 0 Å². The van der Waals surface area contributed by atoms with Gasteiger partial charge in [0.25, 0.3) is 0 Å². The molecule has 1 aliphatic heterocycles. The first-order chi connectivity index (χ1) is 13.6. The number of hydrogen-bond donors (Lipinski definition) is 2. The van der Waals surface area contributed by atoms with Crippen LogP contribution in [0.2, 0.25) is 0 Å². The molecule has 7 heteroatoms. The first-order valence-corrected chi connectivity index (χ1v) is 9.08. The maximum atomic E-state index is 13.9. The quantitative estimate of drug-likeness (QED) is 0.726. The third-order valence-corrected chi connectivity index (χ3v) is 4.98. The highest BCUT2D eigenvalue weighted by Gasteiger charge is 2.20. The van der Waals surface area contributed by atoms with Gasteiger partial charge in [-0.05, 0) is 47.9 Å². The van der Waals surface area contributed by atoms with Crippen LogP contribution in [0, 0.1) is 5.82 Å². The van der Waals surface area contributed by atoms with Gasteiger partial charge in [0.05, 0.1) is 7.11 Å². The summed E-state index contributed by atoms with van der Waals surface area (Å²) in [5.41, 5.74) is 4.15. The fourth-order valence-corrected chi connectivity index (χ4v) is 3.60. The van der Waals surface area contributed by atoms with Gasteiger partial charge in [-0.25, -0.2) is 14.2 Å². The van der Waals surface area contributed by atoms with E-state index in [1.807, 2.05) is 12.1 Å². The van der Waals surface area contributed by atoms with Gasteiger partial charge >= 0.3 is 6.03 Å². The lowest BCUT2D eigenvalue weighted by Crippen LogP contribution is -2.41. The third-order valence-electron chi connectivity index (χ3n) is 4.98. The van der Waals surface area contributed by atoms with Gasteiger partial charge in [-0.15, -0.1) is 0 Å². The minimum atomic E-state index is -0.326. The number of H-pyrrole nitrogens is 1. The van der Waals surface area contributed by atoms with Crippen LogP contribution in [0.5, 0.6) is 5.75 Å². The number of urea groups is 1. The van der Waals surface area contributed by atoms with Crippen molar-refractivity contribution in [2.75, 3.05) is 27.2 Å². The number of aromatic amines is 1. The molecular formula is C21H21FN4O2. The Bertz CT molecular complexity index is 1070. The predicted molar refractivity (Wildman–Crippen MR) is 107 cm³/mol. The molecule has 28 heavy (non-hydrogen) atoms. The Kier molecular flexibility index (Phi) is 4.73. The normalized spacial score (nSPS) is 14.1. The molecule has 2 amide bonds. The van der Waals surface area contributed by atoms with Gasteiger partial charge in [0.2, 0.25) is 0 Å². The molecule has 0 fully saturated rings. The number of amides is 2. The number of rotatable bonds is 3. The van der Waals surface area contributed by atoms with Crippen LogP contribution < -0.4 is 10.1 Å². The molecule has 2 aromatic heterocycles. The van der Waals surface area contributed by atoms with E-state index in [4.69, 9.17) is 4.74 Å². The summed E-state index contributed by atoms with van der Waals surface area (Å²) in [6, 6.07) is 8.22.